The Morgan fingerprint density at radius 3 is 1.01 bits per heavy atom. The maximum absolute atomic E-state index is 2.36. The van der Waals surface area contributed by atoms with Crippen LogP contribution in [0.15, 0.2) is 140 Å². The van der Waals surface area contributed by atoms with Crippen molar-refractivity contribution < 1.29 is 0 Å². The van der Waals surface area contributed by atoms with Gasteiger partial charge in [-0.15, -0.1) is 0 Å². The topological polar surface area (TPSA) is 0 Å². The van der Waals surface area contributed by atoms with Gasteiger partial charge in [0.25, 0.3) is 0 Å². The van der Waals surface area contributed by atoms with Gasteiger partial charge in [0.05, 0.1) is 0 Å². The Morgan fingerprint density at radius 1 is 0.250 bits per heavy atom. The van der Waals surface area contributed by atoms with Crippen LogP contribution in [0.1, 0.15) is 279 Å². The monoisotopic (exact) mass is 1080 g/mol. The van der Waals surface area contributed by atoms with Gasteiger partial charge in [-0.1, -0.05) is 288 Å². The summed E-state index contributed by atoms with van der Waals surface area (Å²) in [5.41, 5.74) is 27.6. The van der Waals surface area contributed by atoms with Crippen molar-refractivity contribution >= 4 is 0 Å². The summed E-state index contributed by atoms with van der Waals surface area (Å²) in [5.74, 6) is 4.51. The molecule has 0 N–H and O–H groups in total. The van der Waals surface area contributed by atoms with Gasteiger partial charge in [0.1, 0.15) is 0 Å². The summed E-state index contributed by atoms with van der Waals surface area (Å²) in [5, 5.41) is 0. The van der Waals surface area contributed by atoms with Gasteiger partial charge in [0.2, 0.25) is 0 Å². The molecule has 7 aromatic rings. The number of rotatable bonds is 12. The molecule has 0 aromatic heterocycles. The van der Waals surface area contributed by atoms with Crippen molar-refractivity contribution in [3.8, 4) is 0 Å². The van der Waals surface area contributed by atoms with Crippen LogP contribution in [0.2, 0.25) is 0 Å². The van der Waals surface area contributed by atoms with Crippen LogP contribution in [-0.2, 0) is 32.1 Å². The van der Waals surface area contributed by atoms with Gasteiger partial charge in [-0.2, -0.15) is 0 Å². The number of aryl methyl sites for hydroxylation is 10. The molecule has 0 saturated heterocycles. The first-order valence-electron chi connectivity index (χ1n) is 31.2. The summed E-state index contributed by atoms with van der Waals surface area (Å²) in [6.07, 6.45) is 5.77. The fourth-order valence-electron chi connectivity index (χ4n) is 9.99. The van der Waals surface area contributed by atoms with Gasteiger partial charge in [0.15, 0.2) is 0 Å². The molecule has 0 atom stereocenters. The Balaban J connectivity index is 0.000000468. The van der Waals surface area contributed by atoms with Crippen LogP contribution in [0.3, 0.4) is 0 Å². The van der Waals surface area contributed by atoms with E-state index in [1.807, 2.05) is 0 Å². The van der Waals surface area contributed by atoms with E-state index in [4.69, 9.17) is 0 Å². The van der Waals surface area contributed by atoms with E-state index in [1.54, 1.807) is 0 Å². The third-order valence-corrected chi connectivity index (χ3v) is 15.4. The molecule has 7 aromatic carbocycles. The summed E-state index contributed by atoms with van der Waals surface area (Å²) >= 11 is 0. The van der Waals surface area contributed by atoms with Gasteiger partial charge < -0.3 is 0 Å². The van der Waals surface area contributed by atoms with Crippen molar-refractivity contribution in [1.82, 2.24) is 0 Å². The Hall–Kier alpha value is -5.46. The highest BCUT2D eigenvalue weighted by Crippen LogP contribution is 2.27. The average molecular weight is 1080 g/mol. The Kier molecular flexibility index (Phi) is 34.7. The summed E-state index contributed by atoms with van der Waals surface area (Å²) in [6.45, 7) is 57.7. The molecule has 0 heterocycles. The van der Waals surface area contributed by atoms with Gasteiger partial charge in [-0.05, 0) is 211 Å². The Morgan fingerprint density at radius 2 is 0.637 bits per heavy atom. The average Bonchev–Trinajstić information content (AvgIpc) is 3.42. The molecular weight excluding hydrogens is 961 g/mol. The second kappa shape index (κ2) is 38.3. The highest BCUT2D eigenvalue weighted by atomic mass is 14.2. The van der Waals surface area contributed by atoms with Crippen molar-refractivity contribution in [2.24, 2.45) is 0 Å². The van der Waals surface area contributed by atoms with Crippen molar-refractivity contribution in [3.05, 3.63) is 245 Å². The normalized spacial score (nSPS) is 10.7. The van der Waals surface area contributed by atoms with E-state index in [0.717, 1.165) is 32.1 Å². The zero-order valence-electron chi connectivity index (χ0n) is 56.4. The minimum atomic E-state index is 0.637. The fourth-order valence-corrected chi connectivity index (χ4v) is 9.99. The molecule has 0 heteroatoms. The van der Waals surface area contributed by atoms with Gasteiger partial charge in [-0.3, -0.25) is 0 Å². The predicted molar refractivity (Wildman–Crippen MR) is 364 cm³/mol. The summed E-state index contributed by atoms with van der Waals surface area (Å²) in [7, 11) is 0. The first-order valence-corrected chi connectivity index (χ1v) is 31.2. The lowest BCUT2D eigenvalue weighted by Gasteiger charge is -2.16. The zero-order chi connectivity index (χ0) is 60.8. The number of benzene rings is 7. The van der Waals surface area contributed by atoms with Crippen molar-refractivity contribution in [1.29, 1.82) is 0 Å². The van der Waals surface area contributed by atoms with E-state index in [-0.39, 0.29) is 0 Å². The molecular formula is C80H118. The van der Waals surface area contributed by atoms with Crippen molar-refractivity contribution in [2.75, 3.05) is 0 Å². The van der Waals surface area contributed by atoms with Crippen LogP contribution in [-0.4, -0.2) is 0 Å². The summed E-state index contributed by atoms with van der Waals surface area (Å²) in [6, 6.07) is 51.0. The van der Waals surface area contributed by atoms with Crippen LogP contribution in [0.25, 0.3) is 0 Å². The zero-order valence-corrected chi connectivity index (χ0v) is 56.4. The maximum atomic E-state index is 2.36. The highest BCUT2D eigenvalue weighted by molar-refractivity contribution is 5.40. The molecule has 0 aliphatic carbocycles. The molecule has 0 aliphatic heterocycles. The predicted octanol–water partition coefficient (Wildman–Crippen LogP) is 24.6. The Bertz CT molecular complexity index is 2700. The van der Waals surface area contributed by atoms with Gasteiger partial charge >= 0.3 is 0 Å². The highest BCUT2D eigenvalue weighted by Gasteiger charge is 2.10. The smallest absolute Gasteiger partial charge is 0.0216 e. The van der Waals surface area contributed by atoms with E-state index in [1.165, 1.54) is 106 Å². The molecule has 0 bridgehead atoms. The minimum absolute atomic E-state index is 0.637. The quantitative estimate of drug-likeness (QED) is 0.114. The fraction of sp³-hybridized carbons (Fsp3) is 0.475. The lowest BCUT2D eigenvalue weighted by molar-refractivity contribution is 0.817. The van der Waals surface area contributed by atoms with Gasteiger partial charge in [-0.25, -0.2) is 0 Å². The van der Waals surface area contributed by atoms with Crippen LogP contribution < -0.4 is 0 Å². The Labute approximate surface area is 496 Å². The second-order valence-corrected chi connectivity index (χ2v) is 24.6. The van der Waals surface area contributed by atoms with Crippen molar-refractivity contribution in [2.45, 2.75) is 254 Å². The third-order valence-electron chi connectivity index (χ3n) is 15.4. The molecule has 0 fully saturated rings. The molecule has 80 heavy (non-hydrogen) atoms. The van der Waals surface area contributed by atoms with Crippen LogP contribution in [0.5, 0.6) is 0 Å². The van der Waals surface area contributed by atoms with E-state index in [2.05, 4.69) is 320 Å². The van der Waals surface area contributed by atoms with E-state index in [0.29, 0.717) is 41.4 Å². The largest absolute Gasteiger partial charge is 0.0620 e. The molecule has 0 saturated carbocycles. The number of hydrogen-bond acceptors (Lipinski definition) is 0. The molecule has 0 nitrogen and oxygen atoms in total. The third kappa shape index (κ3) is 26.4. The first-order chi connectivity index (χ1) is 37.6. The minimum Gasteiger partial charge on any atom is -0.0620 e. The second-order valence-electron chi connectivity index (χ2n) is 24.6. The molecule has 0 radical (unpaired) electrons. The molecule has 438 valence electrons. The summed E-state index contributed by atoms with van der Waals surface area (Å²) < 4.78 is 0. The molecule has 7 rings (SSSR count). The molecule has 0 aliphatic rings. The lowest BCUT2D eigenvalue weighted by atomic mass is 9.90. The van der Waals surface area contributed by atoms with Gasteiger partial charge in [0, 0.05) is 0 Å². The van der Waals surface area contributed by atoms with Crippen LogP contribution >= 0.6 is 0 Å². The lowest BCUT2D eigenvalue weighted by Crippen LogP contribution is -1.98. The van der Waals surface area contributed by atoms with Crippen molar-refractivity contribution in [3.63, 3.8) is 0 Å². The SMILES string of the molecule is CCc1cc(C)cc(CC)c1.CCc1cc(CC)c(C)c(CC)c1.Cc1c(C(C)C)cccc1C(C)C.Cc1ccc(C(C)C)cc1.Cc1ccc(C(C)C)cc1C(C)C.Cc1cccc(C(C)C)c1.Cc1ccccc1C(C)C. The molecule has 0 unspecified atom stereocenters. The molecule has 0 spiro atoms. The summed E-state index contributed by atoms with van der Waals surface area (Å²) in [4.78, 5) is 0. The van der Waals surface area contributed by atoms with E-state index >= 15 is 0 Å². The van der Waals surface area contributed by atoms with Crippen LogP contribution in [0, 0.1) is 48.5 Å². The molecule has 0 amide bonds. The van der Waals surface area contributed by atoms with E-state index in [9.17, 15) is 0 Å². The van der Waals surface area contributed by atoms with Crippen LogP contribution in [0.4, 0.5) is 0 Å². The maximum Gasteiger partial charge on any atom is -0.0216 e. The van der Waals surface area contributed by atoms with E-state index < -0.39 is 0 Å². The standard InChI is InChI=1S/3C13H20.C11H16.3C10H14/c1-9(2)12-7-6-11(5)13(8-12)10(3)4;1-9(2)12-7-6-8-13(10(3)4)11(12)5;1-5-11-8-12(6-2)10(4)13(7-3)9-11;1-4-10-6-9(3)7-11(5-2)8-10;1-8(2)10-6-4-9(3)5-7-10;1-8(2)10-6-4-5-9(3)7-10;1-8(2)10-7-5-4-6-9(10)3/h2*6-10H,1-5H3;8-9H,5-7H2,1-4H3;6-8H,4-5H2,1-3H3;3*4-8H,1-3H3. The number of hydrogen-bond donors (Lipinski definition) is 0. The first kappa shape index (κ1) is 72.6.